The number of aromatic nitrogens is 3. The van der Waals surface area contributed by atoms with E-state index in [2.05, 4.69) is 25.2 Å². The Morgan fingerprint density at radius 1 is 1.44 bits per heavy atom. The van der Waals surface area contributed by atoms with Crippen LogP contribution >= 0.6 is 0 Å². The number of amides is 1. The third kappa shape index (κ3) is 4.96. The monoisotopic (exact) mass is 341 g/mol. The maximum Gasteiger partial charge on any atom is 0.251 e. The van der Waals surface area contributed by atoms with Crippen LogP contribution in [-0.2, 0) is 11.3 Å². The molecule has 0 aliphatic carbocycles. The van der Waals surface area contributed by atoms with Gasteiger partial charge in [-0.3, -0.25) is 19.5 Å². The smallest absolute Gasteiger partial charge is 0.251 e. The number of aryl methyl sites for hydroxylation is 1. The van der Waals surface area contributed by atoms with Crippen LogP contribution in [0.25, 0.3) is 0 Å². The van der Waals surface area contributed by atoms with Gasteiger partial charge >= 0.3 is 0 Å². The third-order valence-electron chi connectivity index (χ3n) is 4.36. The molecular formula is C18H23N5O2. The molecular weight excluding hydrogens is 318 g/mol. The van der Waals surface area contributed by atoms with Crippen LogP contribution < -0.4 is 10.9 Å². The van der Waals surface area contributed by atoms with Crippen molar-refractivity contribution < 1.29 is 4.79 Å². The van der Waals surface area contributed by atoms with E-state index in [1.54, 1.807) is 19.2 Å². The summed E-state index contributed by atoms with van der Waals surface area (Å²) < 4.78 is 0. The first-order valence-electron chi connectivity index (χ1n) is 8.57. The molecule has 0 spiro atoms. The lowest BCUT2D eigenvalue weighted by molar-refractivity contribution is -0.122. The maximum atomic E-state index is 12.2. The second-order valence-electron chi connectivity index (χ2n) is 6.43. The average Bonchev–Trinajstić information content (AvgIpc) is 2.60. The van der Waals surface area contributed by atoms with Gasteiger partial charge in [-0.25, -0.2) is 4.98 Å². The van der Waals surface area contributed by atoms with Crippen LogP contribution in [0.1, 0.15) is 36.0 Å². The number of nitrogens with one attached hydrogen (secondary N) is 2. The zero-order chi connectivity index (χ0) is 17.6. The minimum atomic E-state index is -0.118. The molecule has 2 aromatic heterocycles. The van der Waals surface area contributed by atoms with Crippen molar-refractivity contribution in [2.75, 3.05) is 19.6 Å². The lowest BCUT2D eigenvalue weighted by Crippen LogP contribution is -2.42. The zero-order valence-corrected chi connectivity index (χ0v) is 14.4. The fourth-order valence-electron chi connectivity index (χ4n) is 3.20. The lowest BCUT2D eigenvalue weighted by atomic mass is 9.94. The second-order valence-corrected chi connectivity index (χ2v) is 6.43. The number of likely N-dealkylation sites (tertiary alicyclic amines) is 1. The molecule has 3 heterocycles. The Kier molecular flexibility index (Phi) is 5.55. The summed E-state index contributed by atoms with van der Waals surface area (Å²) in [5.41, 5.74) is 1.54. The summed E-state index contributed by atoms with van der Waals surface area (Å²) >= 11 is 0. The quantitative estimate of drug-likeness (QED) is 0.846. The molecule has 1 unspecified atom stereocenters. The topological polar surface area (TPSA) is 91.0 Å². The number of carbonyl (C=O) groups is 1. The van der Waals surface area contributed by atoms with Gasteiger partial charge in [0.25, 0.3) is 5.56 Å². The number of hydrogen-bond acceptors (Lipinski definition) is 5. The van der Waals surface area contributed by atoms with Crippen LogP contribution in [-0.4, -0.2) is 45.4 Å². The van der Waals surface area contributed by atoms with Crippen LogP contribution in [0.3, 0.4) is 0 Å². The second kappa shape index (κ2) is 8.02. The molecule has 7 heteroatoms. The first-order valence-corrected chi connectivity index (χ1v) is 8.57. The number of piperidine rings is 1. The molecule has 1 fully saturated rings. The summed E-state index contributed by atoms with van der Waals surface area (Å²) in [6.07, 6.45) is 3.70. The van der Waals surface area contributed by atoms with Crippen LogP contribution in [0.5, 0.6) is 0 Å². The van der Waals surface area contributed by atoms with E-state index in [-0.39, 0.29) is 17.4 Å². The van der Waals surface area contributed by atoms with Crippen LogP contribution in [0.4, 0.5) is 0 Å². The molecule has 1 amide bonds. The predicted molar refractivity (Wildman–Crippen MR) is 94.1 cm³/mol. The Balaban J connectivity index is 1.54. The van der Waals surface area contributed by atoms with E-state index in [0.29, 0.717) is 18.9 Å². The molecule has 0 bridgehead atoms. The number of carbonyl (C=O) groups excluding carboxylic acids is 1. The Morgan fingerprint density at radius 3 is 3.08 bits per heavy atom. The van der Waals surface area contributed by atoms with Gasteiger partial charge in [0.05, 0.1) is 24.5 Å². The molecule has 1 saturated heterocycles. The molecule has 2 aromatic rings. The fourth-order valence-corrected chi connectivity index (χ4v) is 3.20. The molecule has 3 rings (SSSR count). The van der Waals surface area contributed by atoms with Crippen molar-refractivity contribution in [1.29, 1.82) is 0 Å². The van der Waals surface area contributed by atoms with Gasteiger partial charge in [0.15, 0.2) is 0 Å². The van der Waals surface area contributed by atoms with E-state index in [4.69, 9.17) is 0 Å². The van der Waals surface area contributed by atoms with Crippen molar-refractivity contribution in [1.82, 2.24) is 25.2 Å². The van der Waals surface area contributed by atoms with Crippen molar-refractivity contribution in [2.45, 2.75) is 32.2 Å². The van der Waals surface area contributed by atoms with Crippen molar-refractivity contribution >= 4 is 5.91 Å². The predicted octanol–water partition coefficient (Wildman–Crippen LogP) is 0.969. The molecule has 0 radical (unpaired) electrons. The minimum Gasteiger partial charge on any atom is -0.349 e. The first kappa shape index (κ1) is 17.3. The van der Waals surface area contributed by atoms with Gasteiger partial charge in [-0.1, -0.05) is 6.07 Å². The normalized spacial score (nSPS) is 18.0. The minimum absolute atomic E-state index is 0.0126. The highest BCUT2D eigenvalue weighted by Gasteiger charge is 2.24. The lowest BCUT2D eigenvalue weighted by Gasteiger charge is -2.31. The van der Waals surface area contributed by atoms with Gasteiger partial charge in [0.2, 0.25) is 5.91 Å². The molecule has 0 saturated carbocycles. The summed E-state index contributed by atoms with van der Waals surface area (Å²) in [5.74, 6) is 0.812. The number of H-pyrrole nitrogens is 1. The number of rotatable bonds is 5. The van der Waals surface area contributed by atoms with E-state index in [1.807, 2.05) is 18.2 Å². The number of hydrogen-bond donors (Lipinski definition) is 2. The Bertz CT molecular complexity index is 775. The van der Waals surface area contributed by atoms with E-state index < -0.39 is 0 Å². The van der Waals surface area contributed by atoms with E-state index in [1.165, 1.54) is 0 Å². The Labute approximate surface area is 146 Å². The standard InChI is InChI=1S/C18H23N5O2/c1-13-21-16(9-17(24)22-13)14-5-4-8-23(11-14)12-18(25)20-10-15-6-2-3-7-19-15/h2-3,6-7,9,14H,4-5,8,10-12H2,1H3,(H,20,25)(H,21,22,24). The summed E-state index contributed by atoms with van der Waals surface area (Å²) in [5, 5.41) is 2.91. The van der Waals surface area contributed by atoms with Gasteiger partial charge < -0.3 is 10.3 Å². The zero-order valence-electron chi connectivity index (χ0n) is 14.4. The fraction of sp³-hybridized carbons (Fsp3) is 0.444. The molecule has 1 aliphatic rings. The number of nitrogens with zero attached hydrogens (tertiary/aromatic N) is 3. The highest BCUT2D eigenvalue weighted by atomic mass is 16.2. The van der Waals surface area contributed by atoms with Crippen LogP contribution in [0.2, 0.25) is 0 Å². The highest BCUT2D eigenvalue weighted by Crippen LogP contribution is 2.24. The number of aromatic amines is 1. The van der Waals surface area contributed by atoms with Gasteiger partial charge in [-0.15, -0.1) is 0 Å². The molecule has 132 valence electrons. The molecule has 7 nitrogen and oxygen atoms in total. The highest BCUT2D eigenvalue weighted by molar-refractivity contribution is 5.77. The van der Waals surface area contributed by atoms with Crippen molar-refractivity contribution in [3.05, 3.63) is 58.0 Å². The van der Waals surface area contributed by atoms with Crippen molar-refractivity contribution in [3.8, 4) is 0 Å². The molecule has 1 aliphatic heterocycles. The SMILES string of the molecule is Cc1nc(C2CCCN(CC(=O)NCc3ccccn3)C2)cc(=O)[nH]1. The van der Waals surface area contributed by atoms with Gasteiger partial charge in [-0.2, -0.15) is 0 Å². The van der Waals surface area contributed by atoms with E-state index in [9.17, 15) is 9.59 Å². The van der Waals surface area contributed by atoms with Crippen molar-refractivity contribution in [2.24, 2.45) is 0 Å². The largest absolute Gasteiger partial charge is 0.349 e. The molecule has 25 heavy (non-hydrogen) atoms. The summed E-state index contributed by atoms with van der Waals surface area (Å²) in [4.78, 5) is 37.3. The maximum absolute atomic E-state index is 12.2. The summed E-state index contributed by atoms with van der Waals surface area (Å²) in [7, 11) is 0. The molecule has 1 atom stereocenters. The summed E-state index contributed by atoms with van der Waals surface area (Å²) in [6, 6.07) is 7.21. The molecule has 0 aromatic carbocycles. The van der Waals surface area contributed by atoms with Gasteiger partial charge in [0.1, 0.15) is 5.82 Å². The van der Waals surface area contributed by atoms with E-state index >= 15 is 0 Å². The average molecular weight is 341 g/mol. The Hall–Kier alpha value is -2.54. The molecule has 2 N–H and O–H groups in total. The van der Waals surface area contributed by atoms with Crippen molar-refractivity contribution in [3.63, 3.8) is 0 Å². The third-order valence-corrected chi connectivity index (χ3v) is 4.36. The summed E-state index contributed by atoms with van der Waals surface area (Å²) in [6.45, 7) is 4.20. The van der Waals surface area contributed by atoms with E-state index in [0.717, 1.165) is 37.3 Å². The Morgan fingerprint density at radius 2 is 2.32 bits per heavy atom. The number of pyridine rings is 1. The van der Waals surface area contributed by atoms with Crippen LogP contribution in [0.15, 0.2) is 35.3 Å². The van der Waals surface area contributed by atoms with Gasteiger partial charge in [0, 0.05) is 24.7 Å². The van der Waals surface area contributed by atoms with Gasteiger partial charge in [-0.05, 0) is 38.4 Å². The van der Waals surface area contributed by atoms with Crippen LogP contribution in [0, 0.1) is 6.92 Å². The first-order chi connectivity index (χ1) is 12.1.